The summed E-state index contributed by atoms with van der Waals surface area (Å²) in [5, 5.41) is 3.17. The minimum atomic E-state index is -0.141. The predicted octanol–water partition coefficient (Wildman–Crippen LogP) is 5.17. The molecule has 6 heteroatoms. The maximum absolute atomic E-state index is 12.6. The Balaban J connectivity index is 1.43. The lowest BCUT2D eigenvalue weighted by Crippen LogP contribution is -2.51. The maximum Gasteiger partial charge on any atom is 0.410 e. The number of hydrogen-bond acceptors (Lipinski definition) is 4. The van der Waals surface area contributed by atoms with Crippen molar-refractivity contribution in [3.8, 4) is 0 Å². The standard InChI is InChI=1S/C28H43N3O3/c1-5-22(19-23-12-11-20(3)31(23)27(33)34-6-2)30-17-15-28(16-18-30)14-13-26(29-21(4)32)24-9-7-8-10-25(24)28/h7-10,20,22-23,26H,5-6,11-19H2,1-4H3,(H,29,32)/t20?,22?,23?,26-/m0/s1. The van der Waals surface area contributed by atoms with Crippen molar-refractivity contribution in [3.05, 3.63) is 35.4 Å². The van der Waals surface area contributed by atoms with Gasteiger partial charge in [-0.05, 0) is 94.8 Å². The summed E-state index contributed by atoms with van der Waals surface area (Å²) in [7, 11) is 0. The second-order valence-electron chi connectivity index (χ2n) is 10.7. The molecule has 34 heavy (non-hydrogen) atoms. The SMILES string of the molecule is CCOC(=O)N1C(C)CCC1CC(CC)N1CCC2(CC[C@H](NC(C)=O)c3ccccc32)CC1. The van der Waals surface area contributed by atoms with Crippen LogP contribution in [-0.4, -0.2) is 59.6 Å². The van der Waals surface area contributed by atoms with Gasteiger partial charge >= 0.3 is 6.09 Å². The number of ether oxygens (including phenoxy) is 1. The van der Waals surface area contributed by atoms with Gasteiger partial charge in [0.2, 0.25) is 5.91 Å². The summed E-state index contributed by atoms with van der Waals surface area (Å²) in [5.41, 5.74) is 2.99. The van der Waals surface area contributed by atoms with E-state index >= 15 is 0 Å². The van der Waals surface area contributed by atoms with Gasteiger partial charge in [-0.1, -0.05) is 31.2 Å². The average molecular weight is 470 g/mol. The lowest BCUT2D eigenvalue weighted by Gasteiger charge is -2.49. The van der Waals surface area contributed by atoms with Gasteiger partial charge in [0.25, 0.3) is 0 Å². The highest BCUT2D eigenvalue weighted by atomic mass is 16.6. The van der Waals surface area contributed by atoms with Crippen LogP contribution in [0.5, 0.6) is 0 Å². The summed E-state index contributed by atoms with van der Waals surface area (Å²) in [4.78, 5) is 29.0. The molecule has 188 valence electrons. The molecule has 1 spiro atoms. The first-order chi connectivity index (χ1) is 16.4. The van der Waals surface area contributed by atoms with Gasteiger partial charge in [0.15, 0.2) is 0 Å². The molecule has 1 aromatic carbocycles. The van der Waals surface area contributed by atoms with Crippen LogP contribution >= 0.6 is 0 Å². The van der Waals surface area contributed by atoms with Gasteiger partial charge < -0.3 is 19.9 Å². The quantitative estimate of drug-likeness (QED) is 0.624. The molecule has 0 saturated carbocycles. The van der Waals surface area contributed by atoms with E-state index in [1.807, 2.05) is 11.8 Å². The minimum Gasteiger partial charge on any atom is -0.450 e. The van der Waals surface area contributed by atoms with Gasteiger partial charge in [-0.25, -0.2) is 4.79 Å². The fourth-order valence-electron chi connectivity index (χ4n) is 6.94. The topological polar surface area (TPSA) is 61.9 Å². The number of amides is 2. The van der Waals surface area contributed by atoms with Crippen LogP contribution in [0.2, 0.25) is 0 Å². The predicted molar refractivity (Wildman–Crippen MR) is 135 cm³/mol. The van der Waals surface area contributed by atoms with Crippen molar-refractivity contribution in [2.45, 2.75) is 109 Å². The van der Waals surface area contributed by atoms with E-state index in [9.17, 15) is 9.59 Å². The molecule has 2 amide bonds. The monoisotopic (exact) mass is 469 g/mol. The number of carbonyl (C=O) groups is 2. The van der Waals surface area contributed by atoms with Crippen molar-refractivity contribution in [2.24, 2.45) is 0 Å². The Morgan fingerprint density at radius 2 is 1.85 bits per heavy atom. The van der Waals surface area contributed by atoms with E-state index in [2.05, 4.69) is 48.3 Å². The Labute approximate surface area is 205 Å². The molecule has 3 aliphatic rings. The zero-order valence-electron chi connectivity index (χ0n) is 21.5. The Hall–Kier alpha value is -2.08. The third kappa shape index (κ3) is 4.98. The van der Waals surface area contributed by atoms with Crippen LogP contribution in [0.4, 0.5) is 4.79 Å². The Morgan fingerprint density at radius 3 is 2.53 bits per heavy atom. The number of piperidine rings is 1. The van der Waals surface area contributed by atoms with Crippen LogP contribution in [-0.2, 0) is 14.9 Å². The fourth-order valence-corrected chi connectivity index (χ4v) is 6.94. The molecule has 2 fully saturated rings. The van der Waals surface area contributed by atoms with Crippen LogP contribution in [0.1, 0.15) is 96.2 Å². The number of hydrogen-bond donors (Lipinski definition) is 1. The van der Waals surface area contributed by atoms with Crippen molar-refractivity contribution in [1.29, 1.82) is 0 Å². The highest BCUT2D eigenvalue weighted by Gasteiger charge is 2.44. The van der Waals surface area contributed by atoms with Crippen LogP contribution in [0.15, 0.2) is 24.3 Å². The average Bonchev–Trinajstić information content (AvgIpc) is 3.20. The molecule has 0 aromatic heterocycles. The van der Waals surface area contributed by atoms with Crippen LogP contribution < -0.4 is 5.32 Å². The van der Waals surface area contributed by atoms with Crippen molar-refractivity contribution >= 4 is 12.0 Å². The van der Waals surface area contributed by atoms with E-state index in [4.69, 9.17) is 4.74 Å². The summed E-state index contributed by atoms with van der Waals surface area (Å²) >= 11 is 0. The molecular formula is C28H43N3O3. The van der Waals surface area contributed by atoms with Gasteiger partial charge in [0, 0.05) is 25.0 Å². The third-order valence-corrected chi connectivity index (χ3v) is 8.75. The molecular weight excluding hydrogens is 426 g/mol. The van der Waals surface area contributed by atoms with Crippen LogP contribution in [0.3, 0.4) is 0 Å². The first-order valence-electron chi connectivity index (χ1n) is 13.4. The number of rotatable bonds is 6. The Bertz CT molecular complexity index is 864. The first-order valence-corrected chi connectivity index (χ1v) is 13.4. The molecule has 2 aliphatic heterocycles. The van der Waals surface area contributed by atoms with E-state index in [0.717, 1.165) is 64.5 Å². The lowest BCUT2D eigenvalue weighted by molar-refractivity contribution is -0.119. The molecule has 3 unspecified atom stereocenters. The number of carbonyl (C=O) groups excluding carboxylic acids is 2. The molecule has 4 rings (SSSR count). The lowest BCUT2D eigenvalue weighted by atomic mass is 9.63. The number of fused-ring (bicyclic) bond motifs is 2. The highest BCUT2D eigenvalue weighted by molar-refractivity contribution is 5.73. The normalized spacial score (nSPS) is 27.3. The highest BCUT2D eigenvalue weighted by Crippen LogP contribution is 2.48. The van der Waals surface area contributed by atoms with E-state index in [1.54, 1.807) is 6.92 Å². The minimum absolute atomic E-state index is 0.0504. The molecule has 0 bridgehead atoms. The second kappa shape index (κ2) is 10.7. The van der Waals surface area contributed by atoms with Crippen LogP contribution in [0, 0.1) is 0 Å². The largest absolute Gasteiger partial charge is 0.450 e. The van der Waals surface area contributed by atoms with Gasteiger partial charge in [-0.3, -0.25) is 4.79 Å². The fraction of sp³-hybridized carbons (Fsp3) is 0.714. The van der Waals surface area contributed by atoms with Gasteiger partial charge in [-0.15, -0.1) is 0 Å². The van der Waals surface area contributed by atoms with Crippen molar-refractivity contribution < 1.29 is 14.3 Å². The van der Waals surface area contributed by atoms with Crippen molar-refractivity contribution in [1.82, 2.24) is 15.1 Å². The van der Waals surface area contributed by atoms with Gasteiger partial charge in [0.05, 0.1) is 12.6 Å². The van der Waals surface area contributed by atoms with Crippen molar-refractivity contribution in [3.63, 3.8) is 0 Å². The third-order valence-electron chi connectivity index (χ3n) is 8.75. The van der Waals surface area contributed by atoms with E-state index < -0.39 is 0 Å². The summed E-state index contributed by atoms with van der Waals surface area (Å²) in [6, 6.07) is 9.95. The zero-order chi connectivity index (χ0) is 24.3. The molecule has 4 atom stereocenters. The second-order valence-corrected chi connectivity index (χ2v) is 10.7. The van der Waals surface area contributed by atoms with Gasteiger partial charge in [0.1, 0.15) is 0 Å². The number of benzene rings is 1. The molecule has 2 saturated heterocycles. The van der Waals surface area contributed by atoms with Gasteiger partial charge in [-0.2, -0.15) is 0 Å². The molecule has 2 heterocycles. The van der Waals surface area contributed by atoms with E-state index in [-0.39, 0.29) is 35.5 Å². The maximum atomic E-state index is 12.6. The molecule has 6 nitrogen and oxygen atoms in total. The van der Waals surface area contributed by atoms with E-state index in [1.165, 1.54) is 11.1 Å². The smallest absolute Gasteiger partial charge is 0.410 e. The molecule has 1 aliphatic carbocycles. The first kappa shape index (κ1) is 25.0. The number of likely N-dealkylation sites (tertiary alicyclic amines) is 2. The number of nitrogens with zero attached hydrogens (tertiary/aromatic N) is 2. The van der Waals surface area contributed by atoms with Crippen molar-refractivity contribution in [2.75, 3.05) is 19.7 Å². The zero-order valence-corrected chi connectivity index (χ0v) is 21.5. The molecule has 1 N–H and O–H groups in total. The Morgan fingerprint density at radius 1 is 1.12 bits per heavy atom. The summed E-state index contributed by atoms with van der Waals surface area (Å²) in [5.74, 6) is 0.0504. The van der Waals surface area contributed by atoms with Crippen LogP contribution in [0.25, 0.3) is 0 Å². The molecule has 1 aromatic rings. The summed E-state index contributed by atoms with van der Waals surface area (Å²) in [6.07, 6.45) is 8.62. The summed E-state index contributed by atoms with van der Waals surface area (Å²) < 4.78 is 5.38. The number of nitrogens with one attached hydrogen (secondary N) is 1. The molecule has 0 radical (unpaired) electrons. The Kier molecular flexibility index (Phi) is 7.86. The van der Waals surface area contributed by atoms with E-state index in [0.29, 0.717) is 12.6 Å². The summed E-state index contributed by atoms with van der Waals surface area (Å²) in [6.45, 7) is 10.6.